The fraction of sp³-hybridized carbons (Fsp3) is 0.606. The summed E-state index contributed by atoms with van der Waals surface area (Å²) in [5.74, 6) is 0. The van der Waals surface area contributed by atoms with Crippen LogP contribution in [0.25, 0.3) is 0 Å². The second-order valence-electron chi connectivity index (χ2n) is 11.0. The van der Waals surface area contributed by atoms with Crippen LogP contribution in [0.1, 0.15) is 108 Å². The Hall–Kier alpha value is -2.33. The van der Waals surface area contributed by atoms with Gasteiger partial charge in [-0.25, -0.2) is 0 Å². The zero-order chi connectivity index (χ0) is 27.0. The SMILES string of the molecule is CCCCCCCCCCCCCCCC[N+](C)(C)Cc1ccccc1.O=C([O-])NCc1ccccc1. The van der Waals surface area contributed by atoms with E-state index in [9.17, 15) is 9.90 Å². The average molecular weight is 511 g/mol. The Kier molecular flexibility index (Phi) is 19.2. The van der Waals surface area contributed by atoms with E-state index in [0.29, 0.717) is 6.54 Å². The molecule has 4 nitrogen and oxygen atoms in total. The van der Waals surface area contributed by atoms with Crippen LogP contribution in [0.5, 0.6) is 0 Å². The summed E-state index contributed by atoms with van der Waals surface area (Å²) in [6.07, 6.45) is 18.9. The molecule has 0 aliphatic heterocycles. The van der Waals surface area contributed by atoms with E-state index in [-0.39, 0.29) is 0 Å². The molecule has 208 valence electrons. The minimum Gasteiger partial charge on any atom is -0.530 e. The zero-order valence-electron chi connectivity index (χ0n) is 24.1. The predicted molar refractivity (Wildman–Crippen MR) is 156 cm³/mol. The minimum absolute atomic E-state index is 0.309. The standard InChI is InChI=1S/C25H46N.C8H9NO2/c1-4-5-6-7-8-9-10-11-12-13-14-15-16-20-23-26(2,3)24-25-21-18-17-19-22-25;10-8(11)9-6-7-4-2-1-3-5-7/h17-19,21-22H,4-16,20,23-24H2,1-3H3;1-5,9H,6H2,(H,10,11)/q+1;/p-1. The molecule has 0 atom stereocenters. The minimum atomic E-state index is -1.24. The van der Waals surface area contributed by atoms with Crippen LogP contribution in [0.2, 0.25) is 0 Å². The van der Waals surface area contributed by atoms with Gasteiger partial charge in [0.15, 0.2) is 0 Å². The highest BCUT2D eigenvalue weighted by Gasteiger charge is 2.14. The molecule has 0 unspecified atom stereocenters. The van der Waals surface area contributed by atoms with Crippen LogP contribution in [0, 0.1) is 0 Å². The van der Waals surface area contributed by atoms with Crippen LogP contribution in [0.4, 0.5) is 4.79 Å². The van der Waals surface area contributed by atoms with E-state index < -0.39 is 6.09 Å². The summed E-state index contributed by atoms with van der Waals surface area (Å²) in [5.41, 5.74) is 2.39. The van der Waals surface area contributed by atoms with Gasteiger partial charge >= 0.3 is 0 Å². The van der Waals surface area contributed by atoms with Gasteiger partial charge in [0.25, 0.3) is 0 Å². The zero-order valence-corrected chi connectivity index (χ0v) is 24.1. The van der Waals surface area contributed by atoms with Gasteiger partial charge in [0, 0.05) is 12.1 Å². The number of amides is 1. The molecule has 0 saturated carbocycles. The topological polar surface area (TPSA) is 52.2 Å². The Morgan fingerprint density at radius 2 is 1.05 bits per heavy atom. The van der Waals surface area contributed by atoms with Crippen LogP contribution in [0.3, 0.4) is 0 Å². The Bertz CT molecular complexity index is 777. The molecule has 0 saturated heterocycles. The van der Waals surface area contributed by atoms with E-state index in [1.165, 1.54) is 102 Å². The number of hydrogen-bond donors (Lipinski definition) is 1. The largest absolute Gasteiger partial charge is 0.530 e. The highest BCUT2D eigenvalue weighted by atomic mass is 16.4. The van der Waals surface area contributed by atoms with Crippen molar-refractivity contribution >= 4 is 6.09 Å². The van der Waals surface area contributed by atoms with Crippen molar-refractivity contribution in [2.75, 3.05) is 20.6 Å². The molecule has 0 fully saturated rings. The van der Waals surface area contributed by atoms with E-state index in [2.05, 4.69) is 56.7 Å². The van der Waals surface area contributed by atoms with Gasteiger partial charge in [-0.05, 0) is 18.4 Å². The summed E-state index contributed by atoms with van der Waals surface area (Å²) in [5, 5.41) is 12.1. The van der Waals surface area contributed by atoms with Gasteiger partial charge in [-0.15, -0.1) is 0 Å². The van der Waals surface area contributed by atoms with Gasteiger partial charge in [-0.2, -0.15) is 0 Å². The molecular weight excluding hydrogens is 456 g/mol. The lowest BCUT2D eigenvalue weighted by molar-refractivity contribution is -0.903. The molecule has 0 aromatic heterocycles. The summed E-state index contributed by atoms with van der Waals surface area (Å²) in [6.45, 7) is 5.06. The number of nitrogens with zero attached hydrogens (tertiary/aromatic N) is 1. The highest BCUT2D eigenvalue weighted by molar-refractivity contribution is 5.61. The number of unbranched alkanes of at least 4 members (excludes halogenated alkanes) is 13. The van der Waals surface area contributed by atoms with E-state index in [0.717, 1.165) is 16.6 Å². The number of benzene rings is 2. The van der Waals surface area contributed by atoms with Crippen molar-refractivity contribution in [3.63, 3.8) is 0 Å². The molecule has 1 N–H and O–H groups in total. The third-order valence-corrected chi connectivity index (χ3v) is 6.85. The third kappa shape index (κ3) is 20.4. The van der Waals surface area contributed by atoms with Gasteiger partial charge in [0.2, 0.25) is 0 Å². The molecule has 0 aliphatic rings. The predicted octanol–water partition coefficient (Wildman–Crippen LogP) is 7.86. The lowest BCUT2D eigenvalue weighted by Crippen LogP contribution is -2.39. The van der Waals surface area contributed by atoms with Crippen LogP contribution >= 0.6 is 0 Å². The lowest BCUT2D eigenvalue weighted by Gasteiger charge is -2.30. The van der Waals surface area contributed by atoms with Crippen LogP contribution in [0.15, 0.2) is 60.7 Å². The van der Waals surface area contributed by atoms with Gasteiger partial charge in [-0.3, -0.25) is 0 Å². The molecule has 0 heterocycles. The summed E-state index contributed by atoms with van der Waals surface area (Å²) in [6, 6.07) is 20.2. The Morgan fingerprint density at radius 3 is 1.49 bits per heavy atom. The fourth-order valence-corrected chi connectivity index (χ4v) is 4.66. The highest BCUT2D eigenvalue weighted by Crippen LogP contribution is 2.15. The van der Waals surface area contributed by atoms with Crippen molar-refractivity contribution < 1.29 is 14.4 Å². The molecule has 37 heavy (non-hydrogen) atoms. The second kappa shape index (κ2) is 21.7. The van der Waals surface area contributed by atoms with Gasteiger partial charge in [-0.1, -0.05) is 145 Å². The Labute approximate surface area is 228 Å². The van der Waals surface area contributed by atoms with Crippen LogP contribution < -0.4 is 10.4 Å². The lowest BCUT2D eigenvalue weighted by atomic mass is 10.0. The van der Waals surface area contributed by atoms with E-state index in [1.807, 2.05) is 30.3 Å². The van der Waals surface area contributed by atoms with Gasteiger partial charge < -0.3 is 19.7 Å². The maximum Gasteiger partial charge on any atom is 0.134 e. The van der Waals surface area contributed by atoms with Crippen LogP contribution in [-0.4, -0.2) is 31.2 Å². The number of carboxylic acid groups (broad SMARTS) is 1. The third-order valence-electron chi connectivity index (χ3n) is 6.85. The molecule has 4 heteroatoms. The Balaban J connectivity index is 0.000000516. The van der Waals surface area contributed by atoms with Crippen molar-refractivity contribution in [1.82, 2.24) is 5.32 Å². The molecular formula is C33H54N2O2. The van der Waals surface area contributed by atoms with Crippen molar-refractivity contribution in [1.29, 1.82) is 0 Å². The summed E-state index contributed by atoms with van der Waals surface area (Å²) in [7, 11) is 4.74. The van der Waals surface area contributed by atoms with E-state index in [4.69, 9.17) is 0 Å². The first-order chi connectivity index (χ1) is 17.9. The number of carbonyl (C=O) groups excluding carboxylic acids is 1. The molecule has 1 amide bonds. The average Bonchev–Trinajstić information content (AvgIpc) is 2.89. The van der Waals surface area contributed by atoms with Crippen molar-refractivity contribution in [2.45, 2.75) is 110 Å². The number of rotatable bonds is 19. The molecule has 0 bridgehead atoms. The first-order valence-corrected chi connectivity index (χ1v) is 14.8. The van der Waals surface area contributed by atoms with Crippen LogP contribution in [-0.2, 0) is 13.1 Å². The summed E-state index contributed by atoms with van der Waals surface area (Å²) >= 11 is 0. The van der Waals surface area contributed by atoms with Crippen molar-refractivity contribution in [3.8, 4) is 0 Å². The smallest absolute Gasteiger partial charge is 0.134 e. The maximum absolute atomic E-state index is 9.95. The fourth-order valence-electron chi connectivity index (χ4n) is 4.66. The van der Waals surface area contributed by atoms with Gasteiger partial charge in [0.05, 0.1) is 20.6 Å². The second-order valence-corrected chi connectivity index (χ2v) is 11.0. The normalized spacial score (nSPS) is 11.0. The molecule has 2 aromatic carbocycles. The first kappa shape index (κ1) is 32.7. The monoisotopic (exact) mass is 510 g/mol. The molecule has 0 aliphatic carbocycles. The van der Waals surface area contributed by atoms with Gasteiger partial charge in [0.1, 0.15) is 12.6 Å². The maximum atomic E-state index is 9.95. The van der Waals surface area contributed by atoms with Crippen molar-refractivity contribution in [3.05, 3.63) is 71.8 Å². The van der Waals surface area contributed by atoms with E-state index >= 15 is 0 Å². The summed E-state index contributed by atoms with van der Waals surface area (Å²) < 4.78 is 1.11. The number of carbonyl (C=O) groups is 1. The number of hydrogen-bond acceptors (Lipinski definition) is 2. The Morgan fingerprint density at radius 1 is 0.649 bits per heavy atom. The quantitative estimate of drug-likeness (QED) is 0.154. The molecule has 0 radical (unpaired) electrons. The molecule has 0 spiro atoms. The molecule has 2 aromatic rings. The van der Waals surface area contributed by atoms with Crippen molar-refractivity contribution in [2.24, 2.45) is 0 Å². The van der Waals surface area contributed by atoms with E-state index in [1.54, 1.807) is 0 Å². The first-order valence-electron chi connectivity index (χ1n) is 14.8. The number of nitrogens with one attached hydrogen (secondary N) is 1. The summed E-state index contributed by atoms with van der Waals surface area (Å²) in [4.78, 5) is 9.95. The number of quaternary nitrogens is 1. The molecule has 2 rings (SSSR count).